The molecule has 2 rings (SSSR count). The molecule has 1 unspecified atom stereocenters. The van der Waals surface area contributed by atoms with Crippen molar-refractivity contribution in [3.63, 3.8) is 0 Å². The first-order chi connectivity index (χ1) is 8.28. The van der Waals surface area contributed by atoms with Crippen molar-refractivity contribution in [3.05, 3.63) is 11.8 Å². The Morgan fingerprint density at radius 2 is 1.94 bits per heavy atom. The monoisotopic (exact) mass is 263 g/mol. The summed E-state index contributed by atoms with van der Waals surface area (Å²) in [7, 11) is 0. The van der Waals surface area contributed by atoms with Gasteiger partial charge in [-0.2, -0.15) is 13.2 Å². The summed E-state index contributed by atoms with van der Waals surface area (Å²) in [6.07, 6.45) is -0.916. The molecule has 0 spiro atoms. The molecular formula is C13H20F3NO. The number of rotatable bonds is 2. The van der Waals surface area contributed by atoms with E-state index in [0.717, 1.165) is 25.9 Å². The summed E-state index contributed by atoms with van der Waals surface area (Å²) < 4.78 is 42.8. The Balaban J connectivity index is 2.07. The average Bonchev–Trinajstić information content (AvgIpc) is 2.71. The fourth-order valence-electron chi connectivity index (χ4n) is 2.68. The van der Waals surface area contributed by atoms with E-state index in [2.05, 4.69) is 18.7 Å². The molecule has 0 radical (unpaired) electrons. The zero-order valence-electron chi connectivity index (χ0n) is 10.9. The van der Waals surface area contributed by atoms with Gasteiger partial charge in [-0.25, -0.2) is 0 Å². The van der Waals surface area contributed by atoms with Gasteiger partial charge in [-0.05, 0) is 25.3 Å². The first-order valence-corrected chi connectivity index (χ1v) is 6.44. The Kier molecular flexibility index (Phi) is 3.63. The van der Waals surface area contributed by atoms with E-state index in [-0.39, 0.29) is 17.4 Å². The molecule has 0 amide bonds. The van der Waals surface area contributed by atoms with Crippen molar-refractivity contribution in [1.82, 2.24) is 4.90 Å². The van der Waals surface area contributed by atoms with E-state index in [1.807, 2.05) is 0 Å². The van der Waals surface area contributed by atoms with Gasteiger partial charge >= 0.3 is 6.18 Å². The summed E-state index contributed by atoms with van der Waals surface area (Å²) in [5, 5.41) is 0. The predicted molar refractivity (Wildman–Crippen MR) is 62.8 cm³/mol. The minimum atomic E-state index is -4.19. The van der Waals surface area contributed by atoms with E-state index in [9.17, 15) is 13.2 Å². The SMILES string of the molecule is CC1(C)CC=C(CC(F)(F)F)OC1N1CCCC1. The van der Waals surface area contributed by atoms with Gasteiger partial charge in [-0.15, -0.1) is 0 Å². The minimum Gasteiger partial charge on any atom is -0.479 e. The van der Waals surface area contributed by atoms with E-state index in [1.54, 1.807) is 6.08 Å². The van der Waals surface area contributed by atoms with Gasteiger partial charge in [0.2, 0.25) is 0 Å². The molecule has 1 atom stereocenters. The Morgan fingerprint density at radius 3 is 2.50 bits per heavy atom. The van der Waals surface area contributed by atoms with Crippen LogP contribution in [0.2, 0.25) is 0 Å². The van der Waals surface area contributed by atoms with E-state index < -0.39 is 12.6 Å². The molecule has 5 heteroatoms. The third kappa shape index (κ3) is 3.19. The zero-order chi connectivity index (χ0) is 13.4. The largest absolute Gasteiger partial charge is 0.479 e. The quantitative estimate of drug-likeness (QED) is 0.753. The topological polar surface area (TPSA) is 12.5 Å². The maximum absolute atomic E-state index is 12.4. The minimum absolute atomic E-state index is 0.0822. The normalized spacial score (nSPS) is 28.9. The number of halogens is 3. The molecule has 2 aliphatic rings. The fourth-order valence-corrected chi connectivity index (χ4v) is 2.68. The van der Waals surface area contributed by atoms with E-state index in [1.165, 1.54) is 0 Å². The van der Waals surface area contributed by atoms with Gasteiger partial charge in [0, 0.05) is 18.5 Å². The van der Waals surface area contributed by atoms with Crippen LogP contribution in [0.3, 0.4) is 0 Å². The molecule has 0 N–H and O–H groups in total. The molecule has 0 saturated carbocycles. The van der Waals surface area contributed by atoms with Crippen molar-refractivity contribution in [1.29, 1.82) is 0 Å². The van der Waals surface area contributed by atoms with Crippen molar-refractivity contribution in [3.8, 4) is 0 Å². The van der Waals surface area contributed by atoms with Crippen LogP contribution >= 0.6 is 0 Å². The fraction of sp³-hybridized carbons (Fsp3) is 0.846. The third-order valence-electron chi connectivity index (χ3n) is 3.63. The first kappa shape index (κ1) is 13.7. The summed E-state index contributed by atoms with van der Waals surface area (Å²) in [5.74, 6) is 0.0822. The van der Waals surface area contributed by atoms with Gasteiger partial charge in [0.25, 0.3) is 0 Å². The van der Waals surface area contributed by atoms with Crippen LogP contribution in [0.15, 0.2) is 11.8 Å². The third-order valence-corrected chi connectivity index (χ3v) is 3.63. The van der Waals surface area contributed by atoms with Crippen LogP contribution in [0, 0.1) is 5.41 Å². The molecule has 0 aromatic rings. The van der Waals surface area contributed by atoms with E-state index >= 15 is 0 Å². The second-order valence-electron chi connectivity index (χ2n) is 5.87. The van der Waals surface area contributed by atoms with E-state index in [0.29, 0.717) is 6.42 Å². The van der Waals surface area contributed by atoms with Crippen LogP contribution in [0.5, 0.6) is 0 Å². The molecule has 104 valence electrons. The first-order valence-electron chi connectivity index (χ1n) is 6.44. The Hall–Kier alpha value is -0.710. The van der Waals surface area contributed by atoms with Gasteiger partial charge in [0.05, 0.1) is 0 Å². The summed E-state index contributed by atoms with van der Waals surface area (Å²) >= 11 is 0. The highest BCUT2D eigenvalue weighted by Crippen LogP contribution is 2.40. The lowest BCUT2D eigenvalue weighted by Crippen LogP contribution is -2.47. The lowest BCUT2D eigenvalue weighted by molar-refractivity contribution is -0.155. The molecule has 0 aliphatic carbocycles. The van der Waals surface area contributed by atoms with Crippen LogP contribution in [0.4, 0.5) is 13.2 Å². The zero-order valence-corrected chi connectivity index (χ0v) is 10.9. The highest BCUT2D eigenvalue weighted by molar-refractivity contribution is 5.05. The van der Waals surface area contributed by atoms with Crippen molar-refractivity contribution >= 4 is 0 Å². The van der Waals surface area contributed by atoms with Gasteiger partial charge < -0.3 is 4.74 Å². The molecule has 2 heterocycles. The number of allylic oxidation sites excluding steroid dienone is 2. The van der Waals surface area contributed by atoms with Gasteiger partial charge in [0.1, 0.15) is 12.2 Å². The molecule has 0 aromatic heterocycles. The van der Waals surface area contributed by atoms with Crippen LogP contribution in [0.25, 0.3) is 0 Å². The summed E-state index contributed by atoms with van der Waals surface area (Å²) in [6.45, 7) is 5.95. The molecular weight excluding hydrogens is 243 g/mol. The molecule has 2 aliphatic heterocycles. The molecule has 0 bridgehead atoms. The summed E-state index contributed by atoms with van der Waals surface area (Å²) in [6, 6.07) is 0. The number of hydrogen-bond acceptors (Lipinski definition) is 2. The summed E-state index contributed by atoms with van der Waals surface area (Å²) in [5.41, 5.74) is -0.126. The number of ether oxygens (including phenoxy) is 1. The van der Waals surface area contributed by atoms with Crippen LogP contribution in [-0.2, 0) is 4.74 Å². The molecule has 1 saturated heterocycles. The van der Waals surface area contributed by atoms with Crippen molar-refractivity contribution in [2.75, 3.05) is 13.1 Å². The number of likely N-dealkylation sites (tertiary alicyclic amines) is 1. The second-order valence-corrected chi connectivity index (χ2v) is 5.87. The number of hydrogen-bond donors (Lipinski definition) is 0. The molecule has 0 aromatic carbocycles. The maximum Gasteiger partial charge on any atom is 0.396 e. The average molecular weight is 263 g/mol. The standard InChI is InChI=1S/C13H20F3NO/c1-12(2)6-5-10(9-13(14,15)16)18-11(12)17-7-3-4-8-17/h5,11H,3-4,6-9H2,1-2H3. The molecule has 2 nitrogen and oxygen atoms in total. The van der Waals surface area contributed by atoms with Gasteiger partial charge in [0.15, 0.2) is 6.23 Å². The van der Waals surface area contributed by atoms with Crippen molar-refractivity contribution in [2.24, 2.45) is 5.41 Å². The van der Waals surface area contributed by atoms with Crippen LogP contribution in [-0.4, -0.2) is 30.4 Å². The molecule has 1 fully saturated rings. The van der Waals surface area contributed by atoms with E-state index in [4.69, 9.17) is 4.74 Å². The summed E-state index contributed by atoms with van der Waals surface area (Å²) in [4.78, 5) is 2.17. The van der Waals surface area contributed by atoms with Crippen molar-refractivity contribution in [2.45, 2.75) is 51.9 Å². The highest BCUT2D eigenvalue weighted by atomic mass is 19.4. The maximum atomic E-state index is 12.4. The second kappa shape index (κ2) is 4.76. The highest BCUT2D eigenvalue weighted by Gasteiger charge is 2.41. The van der Waals surface area contributed by atoms with Crippen molar-refractivity contribution < 1.29 is 17.9 Å². The Morgan fingerprint density at radius 1 is 1.33 bits per heavy atom. The predicted octanol–water partition coefficient (Wildman–Crippen LogP) is 3.69. The lowest BCUT2D eigenvalue weighted by atomic mass is 9.84. The number of nitrogens with zero attached hydrogens (tertiary/aromatic N) is 1. The van der Waals surface area contributed by atoms with Crippen LogP contribution < -0.4 is 0 Å². The molecule has 18 heavy (non-hydrogen) atoms. The lowest BCUT2D eigenvalue weighted by Gasteiger charge is -2.43. The Labute approximate surface area is 106 Å². The van der Waals surface area contributed by atoms with Crippen LogP contribution in [0.1, 0.15) is 39.5 Å². The number of alkyl halides is 3. The van der Waals surface area contributed by atoms with Gasteiger partial charge in [-0.1, -0.05) is 13.8 Å². The smallest absolute Gasteiger partial charge is 0.396 e. The van der Waals surface area contributed by atoms with Gasteiger partial charge in [-0.3, -0.25) is 4.90 Å². The Bertz CT molecular complexity index is 330.